The van der Waals surface area contributed by atoms with Crippen molar-refractivity contribution in [3.8, 4) is 17.2 Å². The number of hydrogen-bond donors (Lipinski definition) is 1. The Morgan fingerprint density at radius 3 is 2.52 bits per heavy atom. The lowest BCUT2D eigenvalue weighted by molar-refractivity contribution is 0.377. The van der Waals surface area contributed by atoms with Crippen molar-refractivity contribution >= 4 is 11.6 Å². The van der Waals surface area contributed by atoms with Crippen molar-refractivity contribution in [2.75, 3.05) is 13.7 Å². The molecule has 0 bridgehead atoms. The zero-order valence-corrected chi connectivity index (χ0v) is 13.1. The number of nitrogens with one attached hydrogen (secondary N) is 1. The first-order valence-corrected chi connectivity index (χ1v) is 7.42. The van der Waals surface area contributed by atoms with Gasteiger partial charge in [0.2, 0.25) is 0 Å². The standard InChI is InChI=1S/C17H20ClNO2/c1-3-10-19-12-13-11-14(18)8-9-15(13)21-17-7-5-4-6-16(17)20-2/h4-9,11,19H,3,10,12H2,1-2H3. The van der Waals surface area contributed by atoms with Crippen molar-refractivity contribution in [2.45, 2.75) is 19.9 Å². The van der Waals surface area contributed by atoms with Crippen LogP contribution in [-0.2, 0) is 6.54 Å². The summed E-state index contributed by atoms with van der Waals surface area (Å²) in [7, 11) is 1.63. The molecule has 2 rings (SSSR count). The van der Waals surface area contributed by atoms with E-state index in [0.29, 0.717) is 16.5 Å². The molecule has 0 aliphatic rings. The minimum atomic E-state index is 0.694. The summed E-state index contributed by atoms with van der Waals surface area (Å²) < 4.78 is 11.3. The van der Waals surface area contributed by atoms with Gasteiger partial charge >= 0.3 is 0 Å². The largest absolute Gasteiger partial charge is 0.493 e. The van der Waals surface area contributed by atoms with Gasteiger partial charge in [-0.3, -0.25) is 0 Å². The first-order valence-electron chi connectivity index (χ1n) is 7.04. The minimum absolute atomic E-state index is 0.694. The predicted molar refractivity (Wildman–Crippen MR) is 86.5 cm³/mol. The van der Waals surface area contributed by atoms with Crippen LogP contribution in [-0.4, -0.2) is 13.7 Å². The lowest BCUT2D eigenvalue weighted by atomic mass is 10.2. The van der Waals surface area contributed by atoms with Gasteiger partial charge in [-0.05, 0) is 43.3 Å². The Balaban J connectivity index is 2.22. The zero-order valence-electron chi connectivity index (χ0n) is 12.4. The maximum absolute atomic E-state index is 6.08. The van der Waals surface area contributed by atoms with E-state index in [9.17, 15) is 0 Å². The summed E-state index contributed by atoms with van der Waals surface area (Å²) in [6.07, 6.45) is 1.09. The predicted octanol–water partition coefficient (Wildman–Crippen LogP) is 4.64. The van der Waals surface area contributed by atoms with Gasteiger partial charge in [-0.15, -0.1) is 0 Å². The summed E-state index contributed by atoms with van der Waals surface area (Å²) in [5, 5.41) is 4.07. The van der Waals surface area contributed by atoms with Gasteiger partial charge < -0.3 is 14.8 Å². The fourth-order valence-electron chi connectivity index (χ4n) is 2.01. The lowest BCUT2D eigenvalue weighted by Crippen LogP contribution is -2.14. The summed E-state index contributed by atoms with van der Waals surface area (Å²) in [6, 6.07) is 13.2. The molecule has 3 nitrogen and oxygen atoms in total. The van der Waals surface area contributed by atoms with Crippen molar-refractivity contribution in [3.63, 3.8) is 0 Å². The van der Waals surface area contributed by atoms with Crippen molar-refractivity contribution in [3.05, 3.63) is 53.1 Å². The van der Waals surface area contributed by atoms with Crippen molar-refractivity contribution in [1.29, 1.82) is 0 Å². The Hall–Kier alpha value is -1.71. The second-order valence-corrected chi connectivity index (χ2v) is 5.12. The molecule has 0 fully saturated rings. The molecule has 0 radical (unpaired) electrons. The molecule has 0 aliphatic heterocycles. The first-order chi connectivity index (χ1) is 10.2. The van der Waals surface area contributed by atoms with Crippen LogP contribution in [0.5, 0.6) is 17.2 Å². The lowest BCUT2D eigenvalue weighted by Gasteiger charge is -2.14. The Morgan fingerprint density at radius 1 is 1.05 bits per heavy atom. The third kappa shape index (κ3) is 4.38. The topological polar surface area (TPSA) is 30.5 Å². The van der Waals surface area contributed by atoms with E-state index < -0.39 is 0 Å². The van der Waals surface area contributed by atoms with E-state index in [0.717, 1.165) is 30.8 Å². The Kier molecular flexibility index (Phi) is 5.90. The third-order valence-corrected chi connectivity index (χ3v) is 3.29. The van der Waals surface area contributed by atoms with Gasteiger partial charge in [0.25, 0.3) is 0 Å². The number of ether oxygens (including phenoxy) is 2. The van der Waals surface area contributed by atoms with E-state index in [1.165, 1.54) is 0 Å². The van der Waals surface area contributed by atoms with Crippen LogP contribution >= 0.6 is 11.6 Å². The van der Waals surface area contributed by atoms with Crippen LogP contribution in [0.3, 0.4) is 0 Å². The van der Waals surface area contributed by atoms with Crippen LogP contribution in [0, 0.1) is 0 Å². The van der Waals surface area contributed by atoms with Crippen molar-refractivity contribution in [2.24, 2.45) is 0 Å². The van der Waals surface area contributed by atoms with Crippen LogP contribution in [0.25, 0.3) is 0 Å². The average Bonchev–Trinajstić information content (AvgIpc) is 2.50. The Labute approximate surface area is 130 Å². The molecular weight excluding hydrogens is 286 g/mol. The highest BCUT2D eigenvalue weighted by Gasteiger charge is 2.09. The molecule has 0 amide bonds. The zero-order chi connectivity index (χ0) is 15.1. The number of para-hydroxylation sites is 2. The van der Waals surface area contributed by atoms with E-state index >= 15 is 0 Å². The number of methoxy groups -OCH3 is 1. The van der Waals surface area contributed by atoms with E-state index in [2.05, 4.69) is 12.2 Å². The average molecular weight is 306 g/mol. The van der Waals surface area contributed by atoms with Crippen LogP contribution in [0.15, 0.2) is 42.5 Å². The molecule has 21 heavy (non-hydrogen) atoms. The number of halogens is 1. The molecule has 0 saturated carbocycles. The van der Waals surface area contributed by atoms with E-state index in [1.54, 1.807) is 7.11 Å². The maximum Gasteiger partial charge on any atom is 0.169 e. The molecule has 0 saturated heterocycles. The molecule has 4 heteroatoms. The minimum Gasteiger partial charge on any atom is -0.493 e. The Bertz CT molecular complexity index is 587. The SMILES string of the molecule is CCCNCc1cc(Cl)ccc1Oc1ccccc1OC. The number of hydrogen-bond acceptors (Lipinski definition) is 3. The number of rotatable bonds is 7. The summed E-state index contributed by atoms with van der Waals surface area (Å²) in [5.41, 5.74) is 1.03. The third-order valence-electron chi connectivity index (χ3n) is 3.05. The molecule has 2 aromatic carbocycles. The summed E-state index contributed by atoms with van der Waals surface area (Å²) in [4.78, 5) is 0. The monoisotopic (exact) mass is 305 g/mol. The fourth-order valence-corrected chi connectivity index (χ4v) is 2.20. The maximum atomic E-state index is 6.08. The van der Waals surface area contributed by atoms with Gasteiger partial charge in [0.15, 0.2) is 11.5 Å². The fraction of sp³-hybridized carbons (Fsp3) is 0.294. The smallest absolute Gasteiger partial charge is 0.169 e. The van der Waals surface area contributed by atoms with Crippen LogP contribution in [0.2, 0.25) is 5.02 Å². The highest BCUT2D eigenvalue weighted by atomic mass is 35.5. The summed E-state index contributed by atoms with van der Waals surface area (Å²) in [6.45, 7) is 3.82. The second-order valence-electron chi connectivity index (χ2n) is 4.68. The van der Waals surface area contributed by atoms with Crippen LogP contribution in [0.4, 0.5) is 0 Å². The van der Waals surface area contributed by atoms with E-state index in [-0.39, 0.29) is 0 Å². The van der Waals surface area contributed by atoms with E-state index in [1.807, 2.05) is 42.5 Å². The number of benzene rings is 2. The van der Waals surface area contributed by atoms with Crippen molar-refractivity contribution in [1.82, 2.24) is 5.32 Å². The normalized spacial score (nSPS) is 10.4. The van der Waals surface area contributed by atoms with Gasteiger partial charge in [0, 0.05) is 17.1 Å². The highest BCUT2D eigenvalue weighted by molar-refractivity contribution is 6.30. The molecule has 0 atom stereocenters. The highest BCUT2D eigenvalue weighted by Crippen LogP contribution is 2.33. The van der Waals surface area contributed by atoms with Gasteiger partial charge in [0.1, 0.15) is 5.75 Å². The van der Waals surface area contributed by atoms with Gasteiger partial charge in [0.05, 0.1) is 7.11 Å². The van der Waals surface area contributed by atoms with Gasteiger partial charge in [-0.2, -0.15) is 0 Å². The molecule has 2 aromatic rings. The molecule has 112 valence electrons. The molecular formula is C17H20ClNO2. The Morgan fingerprint density at radius 2 is 1.81 bits per heavy atom. The summed E-state index contributed by atoms with van der Waals surface area (Å²) >= 11 is 6.08. The second kappa shape index (κ2) is 7.91. The molecule has 0 heterocycles. The molecule has 0 aromatic heterocycles. The van der Waals surface area contributed by atoms with Crippen LogP contribution < -0.4 is 14.8 Å². The molecule has 0 spiro atoms. The van der Waals surface area contributed by atoms with Crippen molar-refractivity contribution < 1.29 is 9.47 Å². The first kappa shape index (κ1) is 15.7. The molecule has 0 unspecified atom stereocenters. The van der Waals surface area contributed by atoms with Gasteiger partial charge in [-0.25, -0.2) is 0 Å². The summed E-state index contributed by atoms with van der Waals surface area (Å²) in [5.74, 6) is 2.19. The van der Waals surface area contributed by atoms with Gasteiger partial charge in [-0.1, -0.05) is 30.7 Å². The quantitative estimate of drug-likeness (QED) is 0.756. The molecule has 1 N–H and O–H groups in total. The van der Waals surface area contributed by atoms with Crippen LogP contribution in [0.1, 0.15) is 18.9 Å². The van der Waals surface area contributed by atoms with E-state index in [4.69, 9.17) is 21.1 Å². The molecule has 0 aliphatic carbocycles.